The third kappa shape index (κ3) is 3.10. The van der Waals surface area contributed by atoms with Crippen molar-refractivity contribution in [2.75, 3.05) is 0 Å². The Morgan fingerprint density at radius 1 is 1.31 bits per heavy atom. The average Bonchev–Trinajstić information content (AvgIpc) is 2.03. The molecule has 0 rings (SSSR count). The van der Waals surface area contributed by atoms with Gasteiger partial charge in [0.25, 0.3) is 0 Å². The highest BCUT2D eigenvalue weighted by Crippen LogP contribution is 2.23. The van der Waals surface area contributed by atoms with Crippen LogP contribution in [-0.2, 0) is 0 Å². The van der Waals surface area contributed by atoms with E-state index in [1.807, 2.05) is 13.8 Å². The van der Waals surface area contributed by atoms with Crippen molar-refractivity contribution in [3.8, 4) is 0 Å². The van der Waals surface area contributed by atoms with Gasteiger partial charge in [-0.2, -0.15) is 0 Å². The second-order valence-electron chi connectivity index (χ2n) is 3.73. The van der Waals surface area contributed by atoms with Crippen LogP contribution in [0, 0.1) is 5.92 Å². The molecular formula is C12H21N. The van der Waals surface area contributed by atoms with E-state index in [0.29, 0.717) is 5.92 Å². The van der Waals surface area contributed by atoms with E-state index in [1.54, 1.807) is 0 Å². The summed E-state index contributed by atoms with van der Waals surface area (Å²) in [5.41, 5.74) is 10.2. The summed E-state index contributed by atoms with van der Waals surface area (Å²) in [6.07, 6.45) is 2.09. The van der Waals surface area contributed by atoms with E-state index >= 15 is 0 Å². The van der Waals surface area contributed by atoms with Crippen LogP contribution in [0.15, 0.2) is 35.1 Å². The van der Waals surface area contributed by atoms with Gasteiger partial charge in [0, 0.05) is 5.70 Å². The van der Waals surface area contributed by atoms with Gasteiger partial charge in [-0.15, -0.1) is 0 Å². The molecule has 0 aromatic heterocycles. The fourth-order valence-corrected chi connectivity index (χ4v) is 1.36. The fourth-order valence-electron chi connectivity index (χ4n) is 1.36. The van der Waals surface area contributed by atoms with Gasteiger partial charge < -0.3 is 5.73 Å². The van der Waals surface area contributed by atoms with Gasteiger partial charge in [-0.25, -0.2) is 0 Å². The highest BCUT2D eigenvalue weighted by atomic mass is 14.6. The van der Waals surface area contributed by atoms with Gasteiger partial charge in [0.15, 0.2) is 0 Å². The highest BCUT2D eigenvalue weighted by Gasteiger charge is 2.09. The lowest BCUT2D eigenvalue weighted by Gasteiger charge is -2.16. The molecule has 74 valence electrons. The van der Waals surface area contributed by atoms with Crippen LogP contribution in [0.3, 0.4) is 0 Å². The molecule has 13 heavy (non-hydrogen) atoms. The lowest BCUT2D eigenvalue weighted by molar-refractivity contribution is 0.764. The molecule has 0 aromatic rings. The zero-order chi connectivity index (χ0) is 10.6. The molecule has 0 radical (unpaired) electrons. The Bertz CT molecular complexity index is 254. The van der Waals surface area contributed by atoms with E-state index in [0.717, 1.165) is 11.3 Å². The van der Waals surface area contributed by atoms with Crippen LogP contribution >= 0.6 is 0 Å². The molecule has 0 fully saturated rings. The Labute approximate surface area is 82.0 Å². The van der Waals surface area contributed by atoms with Gasteiger partial charge in [0.05, 0.1) is 0 Å². The largest absolute Gasteiger partial charge is 0.398 e. The third-order valence-corrected chi connectivity index (χ3v) is 2.19. The third-order valence-electron chi connectivity index (χ3n) is 2.19. The molecule has 0 spiro atoms. The molecule has 0 unspecified atom stereocenters. The molecule has 0 amide bonds. The minimum Gasteiger partial charge on any atom is -0.398 e. The number of rotatable bonds is 3. The first kappa shape index (κ1) is 12.0. The van der Waals surface area contributed by atoms with Crippen LogP contribution in [0.1, 0.15) is 34.6 Å². The lowest BCUT2D eigenvalue weighted by Crippen LogP contribution is -2.09. The Balaban J connectivity index is 5.25. The predicted molar refractivity (Wildman–Crippen MR) is 60.3 cm³/mol. The summed E-state index contributed by atoms with van der Waals surface area (Å²) in [7, 11) is 0. The SMILES string of the molecule is C=C(C)/C(N)=C(\C(C)=C/C)C(C)C. The summed E-state index contributed by atoms with van der Waals surface area (Å²) < 4.78 is 0. The normalized spacial score (nSPS) is 14.5. The van der Waals surface area contributed by atoms with Crippen LogP contribution in [-0.4, -0.2) is 0 Å². The predicted octanol–water partition coefficient (Wildman–Crippen LogP) is 3.40. The van der Waals surface area contributed by atoms with Gasteiger partial charge >= 0.3 is 0 Å². The van der Waals surface area contributed by atoms with Gasteiger partial charge in [-0.05, 0) is 43.4 Å². The summed E-state index contributed by atoms with van der Waals surface area (Å²) in [6.45, 7) is 14.2. The number of hydrogen-bond donors (Lipinski definition) is 1. The maximum atomic E-state index is 5.98. The molecular weight excluding hydrogens is 158 g/mol. The van der Waals surface area contributed by atoms with Crippen molar-refractivity contribution >= 4 is 0 Å². The first-order valence-electron chi connectivity index (χ1n) is 4.70. The quantitative estimate of drug-likeness (QED) is 0.660. The maximum Gasteiger partial charge on any atom is 0.0375 e. The van der Waals surface area contributed by atoms with Gasteiger partial charge in [0.1, 0.15) is 0 Å². The average molecular weight is 179 g/mol. The van der Waals surface area contributed by atoms with Crippen molar-refractivity contribution < 1.29 is 0 Å². The van der Waals surface area contributed by atoms with E-state index in [1.165, 1.54) is 11.1 Å². The summed E-state index contributed by atoms with van der Waals surface area (Å²) in [6, 6.07) is 0. The molecule has 0 aliphatic heterocycles. The smallest absolute Gasteiger partial charge is 0.0375 e. The molecule has 1 heteroatoms. The van der Waals surface area contributed by atoms with Crippen LogP contribution in [0.4, 0.5) is 0 Å². The number of allylic oxidation sites excluding steroid dienone is 4. The molecule has 0 heterocycles. The second-order valence-corrected chi connectivity index (χ2v) is 3.73. The zero-order valence-corrected chi connectivity index (χ0v) is 9.44. The lowest BCUT2D eigenvalue weighted by atomic mass is 9.92. The summed E-state index contributed by atoms with van der Waals surface area (Å²) in [5.74, 6) is 0.452. The minimum absolute atomic E-state index is 0.452. The van der Waals surface area contributed by atoms with Gasteiger partial charge in [-0.3, -0.25) is 0 Å². The van der Waals surface area contributed by atoms with E-state index in [-0.39, 0.29) is 0 Å². The van der Waals surface area contributed by atoms with E-state index in [9.17, 15) is 0 Å². The van der Waals surface area contributed by atoms with E-state index < -0.39 is 0 Å². The van der Waals surface area contributed by atoms with Crippen molar-refractivity contribution in [2.24, 2.45) is 11.7 Å². The molecule has 0 bridgehead atoms. The van der Waals surface area contributed by atoms with Crippen molar-refractivity contribution in [1.82, 2.24) is 0 Å². The van der Waals surface area contributed by atoms with Crippen LogP contribution < -0.4 is 5.73 Å². The summed E-state index contributed by atoms with van der Waals surface area (Å²) in [5, 5.41) is 0. The molecule has 0 saturated heterocycles. The number of nitrogens with two attached hydrogens (primary N) is 1. The highest BCUT2D eigenvalue weighted by molar-refractivity contribution is 5.41. The van der Waals surface area contributed by atoms with Crippen molar-refractivity contribution in [2.45, 2.75) is 34.6 Å². The Morgan fingerprint density at radius 3 is 2.00 bits per heavy atom. The molecule has 0 aromatic carbocycles. The molecule has 0 aliphatic rings. The second kappa shape index (κ2) is 4.90. The Morgan fingerprint density at radius 2 is 1.77 bits per heavy atom. The topological polar surface area (TPSA) is 26.0 Å². The van der Waals surface area contributed by atoms with Crippen LogP contribution in [0.5, 0.6) is 0 Å². The van der Waals surface area contributed by atoms with Gasteiger partial charge in [-0.1, -0.05) is 26.5 Å². The standard InChI is InChI=1S/C12H21N/c1-7-10(6)11(8(2)3)12(13)9(4)5/h7-8H,4,13H2,1-3,5-6H3/b10-7-,12-11+. The fraction of sp³-hybridized carbons (Fsp3) is 0.500. The summed E-state index contributed by atoms with van der Waals surface area (Å²) >= 11 is 0. The van der Waals surface area contributed by atoms with E-state index in [4.69, 9.17) is 5.73 Å². The Hall–Kier alpha value is -0.980. The monoisotopic (exact) mass is 179 g/mol. The first-order valence-corrected chi connectivity index (χ1v) is 4.70. The molecule has 1 nitrogen and oxygen atoms in total. The van der Waals surface area contributed by atoms with Crippen LogP contribution in [0.2, 0.25) is 0 Å². The Kier molecular flexibility index (Phi) is 4.53. The maximum absolute atomic E-state index is 5.98. The van der Waals surface area contributed by atoms with E-state index in [2.05, 4.69) is 33.4 Å². The first-order chi connectivity index (χ1) is 5.91. The van der Waals surface area contributed by atoms with Gasteiger partial charge in [0.2, 0.25) is 0 Å². The van der Waals surface area contributed by atoms with Crippen LogP contribution in [0.25, 0.3) is 0 Å². The molecule has 0 saturated carbocycles. The number of hydrogen-bond acceptors (Lipinski definition) is 1. The van der Waals surface area contributed by atoms with Crippen molar-refractivity contribution in [1.29, 1.82) is 0 Å². The molecule has 0 aliphatic carbocycles. The molecule has 2 N–H and O–H groups in total. The molecule has 0 atom stereocenters. The van der Waals surface area contributed by atoms with Crippen molar-refractivity contribution in [3.63, 3.8) is 0 Å². The zero-order valence-electron chi connectivity index (χ0n) is 9.44. The minimum atomic E-state index is 0.452. The van der Waals surface area contributed by atoms with Crippen molar-refractivity contribution in [3.05, 3.63) is 35.1 Å². The summed E-state index contributed by atoms with van der Waals surface area (Å²) in [4.78, 5) is 0.